The Morgan fingerprint density at radius 3 is 1.98 bits per heavy atom. The van der Waals surface area contributed by atoms with Crippen molar-refractivity contribution in [2.45, 2.75) is 78.7 Å². The Morgan fingerprint density at radius 2 is 1.35 bits per heavy atom. The molecule has 0 radical (unpaired) electrons. The summed E-state index contributed by atoms with van der Waals surface area (Å²) in [6, 6.07) is 3.55. The van der Waals surface area contributed by atoms with Crippen LogP contribution in [0.25, 0.3) is 0 Å². The summed E-state index contributed by atoms with van der Waals surface area (Å²) in [7, 11) is -3.44. The Bertz CT molecular complexity index is 944. The van der Waals surface area contributed by atoms with E-state index in [9.17, 15) is 18.9 Å². The van der Waals surface area contributed by atoms with E-state index in [4.69, 9.17) is 28.4 Å². The van der Waals surface area contributed by atoms with Crippen molar-refractivity contribution in [3.63, 3.8) is 0 Å². The predicted molar refractivity (Wildman–Crippen MR) is 150 cm³/mol. The summed E-state index contributed by atoms with van der Waals surface area (Å²) in [5, 5.41) is 5.34. The number of unbranched alkanes of at least 4 members (excludes halogenated alkanes) is 5. The number of benzene rings is 1. The number of nitrogens with one attached hydrogen (secondary N) is 2. The van der Waals surface area contributed by atoms with Gasteiger partial charge in [0.05, 0.1) is 19.8 Å². The summed E-state index contributed by atoms with van der Waals surface area (Å²) < 4.78 is 36.7. The van der Waals surface area contributed by atoms with E-state index < -0.39 is 25.9 Å². The Morgan fingerprint density at radius 1 is 0.800 bits per heavy atom. The topological polar surface area (TPSA) is 159 Å². The van der Waals surface area contributed by atoms with Crippen LogP contribution in [0.1, 0.15) is 75.0 Å². The Hall–Kier alpha value is -2.82. The van der Waals surface area contributed by atoms with Crippen LogP contribution in [0.4, 0.5) is 14.4 Å². The number of hydrogen-bond donors (Lipinski definition) is 3. The molecular formula is C27H45N2O10P. The molecule has 13 heteroatoms. The molecule has 0 heterocycles. The molecule has 0 aromatic heterocycles. The number of ether oxygens (including phenoxy) is 4. The fourth-order valence-electron chi connectivity index (χ4n) is 3.54. The van der Waals surface area contributed by atoms with Gasteiger partial charge < -0.3 is 39.0 Å². The third-order valence-corrected chi connectivity index (χ3v) is 6.20. The second kappa shape index (κ2) is 20.1. The number of carbonyl (C=O) groups is 3. The zero-order chi connectivity index (χ0) is 29.8. The molecule has 228 valence electrons. The molecule has 0 spiro atoms. The minimum atomic E-state index is -3.44. The first-order valence-corrected chi connectivity index (χ1v) is 15.7. The van der Waals surface area contributed by atoms with Crippen LogP contribution in [0.2, 0.25) is 0 Å². The van der Waals surface area contributed by atoms with Crippen LogP contribution in [0.5, 0.6) is 5.75 Å². The van der Waals surface area contributed by atoms with Gasteiger partial charge in [-0.2, -0.15) is 0 Å². The summed E-state index contributed by atoms with van der Waals surface area (Å²) in [5.74, 6) is 0.394. The maximum absolute atomic E-state index is 12.1. The third-order valence-electron chi connectivity index (χ3n) is 5.54. The molecule has 1 unspecified atom stereocenters. The number of alkyl carbamates (subject to hydrolysis) is 2. The lowest BCUT2D eigenvalue weighted by molar-refractivity contribution is 0.0960. The largest absolute Gasteiger partial charge is 0.513 e. The van der Waals surface area contributed by atoms with Gasteiger partial charge in [-0.05, 0) is 87.6 Å². The normalized spacial score (nSPS) is 12.2. The second-order valence-electron chi connectivity index (χ2n) is 9.44. The molecule has 0 aliphatic heterocycles. The van der Waals surface area contributed by atoms with Gasteiger partial charge in [-0.3, -0.25) is 4.57 Å². The van der Waals surface area contributed by atoms with Gasteiger partial charge in [-0.25, -0.2) is 14.4 Å². The van der Waals surface area contributed by atoms with Crippen LogP contribution in [0.3, 0.4) is 0 Å². The van der Waals surface area contributed by atoms with E-state index in [1.54, 1.807) is 26.0 Å². The van der Waals surface area contributed by atoms with Crippen molar-refractivity contribution in [3.05, 3.63) is 28.8 Å². The molecule has 1 aromatic rings. The Kier molecular flexibility index (Phi) is 17.7. The average Bonchev–Trinajstić information content (AvgIpc) is 2.88. The molecule has 0 saturated heterocycles. The number of rotatable bonds is 19. The van der Waals surface area contributed by atoms with Crippen LogP contribution in [-0.4, -0.2) is 62.8 Å². The van der Waals surface area contributed by atoms with E-state index >= 15 is 0 Å². The minimum absolute atomic E-state index is 0.0540. The van der Waals surface area contributed by atoms with Crippen LogP contribution in [-0.2, 0) is 29.9 Å². The van der Waals surface area contributed by atoms with Gasteiger partial charge in [-0.1, -0.05) is 13.3 Å². The monoisotopic (exact) mass is 588 g/mol. The number of aryl methyl sites for hydroxylation is 2. The molecule has 12 nitrogen and oxygen atoms in total. The van der Waals surface area contributed by atoms with Crippen LogP contribution in [0, 0.1) is 13.8 Å². The summed E-state index contributed by atoms with van der Waals surface area (Å²) in [5.41, 5.74) is 2.15. The van der Waals surface area contributed by atoms with Crippen LogP contribution >= 0.6 is 7.60 Å². The van der Waals surface area contributed by atoms with Gasteiger partial charge in [0, 0.05) is 19.8 Å². The van der Waals surface area contributed by atoms with E-state index in [-0.39, 0.29) is 19.8 Å². The van der Waals surface area contributed by atoms with Crippen molar-refractivity contribution in [1.82, 2.24) is 10.6 Å². The Labute approximate surface area is 237 Å². The molecule has 1 atom stereocenters. The quantitative estimate of drug-likeness (QED) is 0.0598. The summed E-state index contributed by atoms with van der Waals surface area (Å²) in [4.78, 5) is 44.6. The predicted octanol–water partition coefficient (Wildman–Crippen LogP) is 5.74. The highest BCUT2D eigenvalue weighted by Crippen LogP contribution is 2.36. The molecule has 3 N–H and O–H groups in total. The van der Waals surface area contributed by atoms with Crippen molar-refractivity contribution in [1.29, 1.82) is 0 Å². The molecule has 0 fully saturated rings. The smallest absolute Gasteiger partial charge is 0.450 e. The van der Waals surface area contributed by atoms with Gasteiger partial charge >= 0.3 is 25.9 Å². The highest BCUT2D eigenvalue weighted by molar-refractivity contribution is 7.51. The van der Waals surface area contributed by atoms with E-state index in [1.165, 1.54) is 0 Å². The van der Waals surface area contributed by atoms with E-state index in [1.807, 2.05) is 6.92 Å². The summed E-state index contributed by atoms with van der Waals surface area (Å²) in [6.07, 6.45) is 4.22. The van der Waals surface area contributed by atoms with Gasteiger partial charge in [0.25, 0.3) is 0 Å². The van der Waals surface area contributed by atoms with Gasteiger partial charge in [0.15, 0.2) is 0 Å². The van der Waals surface area contributed by atoms with Crippen LogP contribution < -0.4 is 15.4 Å². The minimum Gasteiger partial charge on any atom is -0.450 e. The summed E-state index contributed by atoms with van der Waals surface area (Å²) in [6.45, 7) is 8.54. The highest BCUT2D eigenvalue weighted by Gasteiger charge is 2.14. The molecule has 0 bridgehead atoms. The molecular weight excluding hydrogens is 543 g/mol. The Balaban J connectivity index is 2.24. The number of amides is 2. The maximum atomic E-state index is 12.1. The molecule has 0 aliphatic rings. The molecule has 1 rings (SSSR count). The average molecular weight is 589 g/mol. The zero-order valence-electron chi connectivity index (χ0n) is 24.1. The summed E-state index contributed by atoms with van der Waals surface area (Å²) >= 11 is 0. The molecule has 1 aromatic carbocycles. The van der Waals surface area contributed by atoms with Crippen molar-refractivity contribution in [2.24, 2.45) is 0 Å². The molecule has 0 saturated carbocycles. The van der Waals surface area contributed by atoms with Gasteiger partial charge in [-0.15, -0.1) is 0 Å². The number of hydrogen-bond acceptors (Lipinski definition) is 9. The molecule has 2 amide bonds. The van der Waals surface area contributed by atoms with Crippen molar-refractivity contribution >= 4 is 25.9 Å². The third kappa shape index (κ3) is 17.7. The van der Waals surface area contributed by atoms with Gasteiger partial charge in [0.2, 0.25) is 0 Å². The van der Waals surface area contributed by atoms with Gasteiger partial charge in [0.1, 0.15) is 12.4 Å². The SMILES string of the molecule is CCCCNC(=O)OCCCCCOC(=O)Oc1c(C)cc(COC(=O)NCCCCCOP(C)(=O)O)cc1C. The lowest BCUT2D eigenvalue weighted by Crippen LogP contribution is -2.25. The van der Waals surface area contributed by atoms with Crippen molar-refractivity contribution in [3.8, 4) is 5.75 Å². The van der Waals surface area contributed by atoms with E-state index in [0.29, 0.717) is 62.3 Å². The first kappa shape index (κ1) is 35.2. The number of carbonyl (C=O) groups excluding carboxylic acids is 3. The first-order chi connectivity index (χ1) is 19.0. The van der Waals surface area contributed by atoms with Crippen molar-refractivity contribution in [2.75, 3.05) is 39.6 Å². The first-order valence-electron chi connectivity index (χ1n) is 13.7. The fourth-order valence-corrected chi connectivity index (χ4v) is 4.01. The maximum Gasteiger partial charge on any atom is 0.513 e. The second-order valence-corrected chi connectivity index (χ2v) is 11.3. The fraction of sp³-hybridized carbons (Fsp3) is 0.667. The standard InChI is InChI=1S/C27H45N2O10P/c1-5-6-13-28-25(30)35-15-10-8-11-16-36-27(32)39-24-21(2)18-23(19-22(24)3)20-37-26(31)29-14-9-7-12-17-38-40(4,33)34/h18-19H,5-17,20H2,1-4H3,(H,28,30)(H,29,31)(H,33,34). The van der Waals surface area contributed by atoms with E-state index in [0.717, 1.165) is 37.9 Å². The molecule has 40 heavy (non-hydrogen) atoms. The van der Waals surface area contributed by atoms with E-state index in [2.05, 4.69) is 10.6 Å². The lowest BCUT2D eigenvalue weighted by Gasteiger charge is -2.13. The zero-order valence-corrected chi connectivity index (χ0v) is 25.0. The van der Waals surface area contributed by atoms with Crippen molar-refractivity contribution < 1.29 is 47.3 Å². The highest BCUT2D eigenvalue weighted by atomic mass is 31.2. The lowest BCUT2D eigenvalue weighted by atomic mass is 10.1. The van der Waals surface area contributed by atoms with Crippen LogP contribution in [0.15, 0.2) is 12.1 Å². The molecule has 0 aliphatic carbocycles.